The van der Waals surface area contributed by atoms with Gasteiger partial charge in [-0.25, -0.2) is 23.5 Å². The maximum absolute atomic E-state index is 13.2. The molecule has 1 heterocycles. The molecule has 2 N–H and O–H groups in total. The molecule has 0 bridgehead atoms. The van der Waals surface area contributed by atoms with E-state index in [0.717, 1.165) is 23.9 Å². The number of nitrogens with zero attached hydrogens (tertiary/aromatic N) is 2. The molecule has 6 nitrogen and oxygen atoms in total. The molecule has 2 aromatic rings. The van der Waals surface area contributed by atoms with Crippen molar-refractivity contribution >= 4 is 29.3 Å². The highest BCUT2D eigenvalue weighted by Gasteiger charge is 2.21. The summed E-state index contributed by atoms with van der Waals surface area (Å²) < 4.78 is 31.0. The van der Waals surface area contributed by atoms with Gasteiger partial charge in [0, 0.05) is 11.8 Å². The molecule has 9 heteroatoms. The van der Waals surface area contributed by atoms with E-state index in [9.17, 15) is 18.4 Å². The number of thioether (sulfide) groups is 1. The molecular formula is C16H15F2N3O3S. The molecule has 1 aromatic carbocycles. The molecule has 1 aromatic heterocycles. The van der Waals surface area contributed by atoms with E-state index >= 15 is 0 Å². The van der Waals surface area contributed by atoms with Crippen LogP contribution < -0.4 is 5.73 Å². The average molecular weight is 367 g/mol. The van der Waals surface area contributed by atoms with E-state index in [1.807, 2.05) is 0 Å². The minimum Gasteiger partial charge on any atom is -0.462 e. The Hall–Kier alpha value is -2.55. The number of ether oxygens (including phenoxy) is 1. The second-order valence-corrected chi connectivity index (χ2v) is 6.23. The van der Waals surface area contributed by atoms with E-state index in [0.29, 0.717) is 0 Å². The van der Waals surface area contributed by atoms with Crippen molar-refractivity contribution in [2.45, 2.75) is 24.3 Å². The summed E-state index contributed by atoms with van der Waals surface area (Å²) in [6.07, 6.45) is 1.22. The maximum Gasteiger partial charge on any atom is 0.343 e. The van der Waals surface area contributed by atoms with Crippen LogP contribution in [0.1, 0.15) is 34.6 Å². The zero-order valence-corrected chi connectivity index (χ0v) is 14.3. The first-order valence-electron chi connectivity index (χ1n) is 7.29. The van der Waals surface area contributed by atoms with E-state index in [2.05, 4.69) is 9.97 Å². The topological polar surface area (TPSA) is 95.2 Å². The number of Topliss-reactive ketones (excluding diaryl/α,β-unsaturated/α-hetero) is 1. The van der Waals surface area contributed by atoms with Crippen LogP contribution in [0.2, 0.25) is 0 Å². The molecule has 1 atom stereocenters. The molecule has 0 aliphatic rings. The van der Waals surface area contributed by atoms with Gasteiger partial charge in [0.15, 0.2) is 22.6 Å². The van der Waals surface area contributed by atoms with Crippen molar-refractivity contribution in [3.05, 3.63) is 47.2 Å². The van der Waals surface area contributed by atoms with Gasteiger partial charge in [0.1, 0.15) is 11.4 Å². The number of nitrogen functional groups attached to an aromatic ring is 1. The number of hydrogen-bond acceptors (Lipinski definition) is 7. The summed E-state index contributed by atoms with van der Waals surface area (Å²) in [7, 11) is 0. The third-order valence-electron chi connectivity index (χ3n) is 3.15. The van der Waals surface area contributed by atoms with Crippen LogP contribution in [-0.4, -0.2) is 33.6 Å². The standard InChI is InChI=1S/C16H15F2N3O3S/c1-3-24-15(23)10-7-20-16(21-14(10)19)25-8(2)13(22)9-4-5-11(17)12(18)6-9/h4-8H,3H2,1-2H3,(H2,19,20,21). The molecule has 0 spiro atoms. The minimum absolute atomic E-state index is 0.0331. The van der Waals surface area contributed by atoms with Gasteiger partial charge in [0.25, 0.3) is 0 Å². The van der Waals surface area contributed by atoms with E-state index in [4.69, 9.17) is 10.5 Å². The summed E-state index contributed by atoms with van der Waals surface area (Å²) >= 11 is 0.984. The van der Waals surface area contributed by atoms with Gasteiger partial charge in [-0.2, -0.15) is 0 Å². The molecule has 0 aliphatic heterocycles. The lowest BCUT2D eigenvalue weighted by atomic mass is 10.1. The van der Waals surface area contributed by atoms with Gasteiger partial charge in [0.2, 0.25) is 0 Å². The van der Waals surface area contributed by atoms with Gasteiger partial charge in [-0.15, -0.1) is 0 Å². The molecule has 0 fully saturated rings. The van der Waals surface area contributed by atoms with Crippen LogP contribution in [0.4, 0.5) is 14.6 Å². The van der Waals surface area contributed by atoms with E-state index in [1.54, 1.807) is 13.8 Å². The van der Waals surface area contributed by atoms with Gasteiger partial charge >= 0.3 is 5.97 Å². The summed E-state index contributed by atoms with van der Waals surface area (Å²) in [4.78, 5) is 31.9. The van der Waals surface area contributed by atoms with Crippen molar-refractivity contribution < 1.29 is 23.1 Å². The summed E-state index contributed by atoms with van der Waals surface area (Å²) in [5.74, 6) is -3.24. The van der Waals surface area contributed by atoms with E-state index in [1.165, 1.54) is 12.3 Å². The first-order valence-corrected chi connectivity index (χ1v) is 8.17. The second kappa shape index (κ2) is 8.02. The van der Waals surface area contributed by atoms with Crippen LogP contribution in [0.5, 0.6) is 0 Å². The van der Waals surface area contributed by atoms with Crippen LogP contribution in [0.25, 0.3) is 0 Å². The highest BCUT2D eigenvalue weighted by Crippen LogP contribution is 2.24. The summed E-state index contributed by atoms with van der Waals surface area (Å²) in [6, 6.07) is 2.94. The predicted octanol–water partition coefficient (Wildman–Crippen LogP) is 2.88. The molecule has 0 saturated heterocycles. The Morgan fingerprint density at radius 3 is 2.64 bits per heavy atom. The van der Waals surface area contributed by atoms with Crippen LogP contribution in [0.3, 0.4) is 0 Å². The summed E-state index contributed by atoms with van der Waals surface area (Å²) in [6.45, 7) is 3.42. The number of anilines is 1. The van der Waals surface area contributed by atoms with Crippen molar-refractivity contribution in [3.8, 4) is 0 Å². The van der Waals surface area contributed by atoms with Crippen LogP contribution in [0, 0.1) is 11.6 Å². The highest BCUT2D eigenvalue weighted by atomic mass is 32.2. The maximum atomic E-state index is 13.2. The number of carbonyl (C=O) groups excluding carboxylic acids is 2. The van der Waals surface area contributed by atoms with Crippen molar-refractivity contribution in [2.75, 3.05) is 12.3 Å². The number of nitrogens with two attached hydrogens (primary N) is 1. The number of rotatable bonds is 6. The fourth-order valence-electron chi connectivity index (χ4n) is 1.90. The van der Waals surface area contributed by atoms with Crippen LogP contribution in [-0.2, 0) is 4.74 Å². The van der Waals surface area contributed by atoms with Gasteiger partial charge in [-0.3, -0.25) is 4.79 Å². The van der Waals surface area contributed by atoms with Crippen LogP contribution >= 0.6 is 11.8 Å². The van der Waals surface area contributed by atoms with E-state index < -0.39 is 28.6 Å². The second-order valence-electron chi connectivity index (χ2n) is 4.93. The number of halogens is 2. The number of ketones is 1. The third-order valence-corrected chi connectivity index (χ3v) is 4.12. The monoisotopic (exact) mass is 367 g/mol. The Bertz CT molecular complexity index is 817. The summed E-state index contributed by atoms with van der Waals surface area (Å²) in [5, 5.41) is -0.494. The molecule has 0 radical (unpaired) electrons. The molecular weight excluding hydrogens is 352 g/mol. The molecule has 0 aliphatic carbocycles. The first-order chi connectivity index (χ1) is 11.8. The fraction of sp³-hybridized carbons (Fsp3) is 0.250. The van der Waals surface area contributed by atoms with Crippen molar-refractivity contribution in [1.82, 2.24) is 9.97 Å². The van der Waals surface area contributed by atoms with Crippen molar-refractivity contribution in [1.29, 1.82) is 0 Å². The predicted molar refractivity (Wildman–Crippen MR) is 88.4 cm³/mol. The van der Waals surface area contributed by atoms with E-state index in [-0.39, 0.29) is 28.7 Å². The lowest BCUT2D eigenvalue weighted by Crippen LogP contribution is -2.15. The molecule has 0 amide bonds. The molecule has 132 valence electrons. The first kappa shape index (κ1) is 18.8. The minimum atomic E-state index is -1.10. The van der Waals surface area contributed by atoms with Gasteiger partial charge in [-0.1, -0.05) is 11.8 Å². The highest BCUT2D eigenvalue weighted by molar-refractivity contribution is 8.00. The molecule has 1 unspecified atom stereocenters. The number of aromatic nitrogens is 2. The van der Waals surface area contributed by atoms with Crippen molar-refractivity contribution in [2.24, 2.45) is 0 Å². The third kappa shape index (κ3) is 4.50. The molecule has 0 saturated carbocycles. The number of hydrogen-bond donors (Lipinski definition) is 1. The normalized spacial score (nSPS) is 11.8. The quantitative estimate of drug-likeness (QED) is 0.363. The molecule has 2 rings (SSSR count). The average Bonchev–Trinajstić information content (AvgIpc) is 2.57. The smallest absolute Gasteiger partial charge is 0.343 e. The number of benzene rings is 1. The molecule has 25 heavy (non-hydrogen) atoms. The Labute approximate surface area is 146 Å². The fourth-order valence-corrected chi connectivity index (χ4v) is 2.72. The SMILES string of the molecule is CCOC(=O)c1cnc(SC(C)C(=O)c2ccc(F)c(F)c2)nc1N. The number of carbonyl (C=O) groups is 2. The Balaban J connectivity index is 2.13. The zero-order valence-electron chi connectivity index (χ0n) is 13.5. The summed E-state index contributed by atoms with van der Waals surface area (Å²) in [5.41, 5.74) is 5.78. The van der Waals surface area contributed by atoms with Gasteiger partial charge in [-0.05, 0) is 32.0 Å². The van der Waals surface area contributed by atoms with Gasteiger partial charge in [0.05, 0.1) is 11.9 Å². The Morgan fingerprint density at radius 1 is 1.32 bits per heavy atom. The Kier molecular flexibility index (Phi) is 6.02. The van der Waals surface area contributed by atoms with Crippen LogP contribution in [0.15, 0.2) is 29.6 Å². The lowest BCUT2D eigenvalue weighted by Gasteiger charge is -2.10. The Morgan fingerprint density at radius 2 is 2.04 bits per heavy atom. The van der Waals surface area contributed by atoms with Gasteiger partial charge < -0.3 is 10.5 Å². The van der Waals surface area contributed by atoms with Crippen molar-refractivity contribution in [3.63, 3.8) is 0 Å². The zero-order chi connectivity index (χ0) is 18.6. The lowest BCUT2D eigenvalue weighted by molar-refractivity contribution is 0.0526. The largest absolute Gasteiger partial charge is 0.462 e. The number of esters is 1.